The minimum absolute atomic E-state index is 0.0867. The molecule has 19 heavy (non-hydrogen) atoms. The van der Waals surface area contributed by atoms with E-state index < -0.39 is 0 Å². The highest BCUT2D eigenvalue weighted by atomic mass is 16.3. The van der Waals surface area contributed by atoms with E-state index in [2.05, 4.69) is 10.3 Å². The molecule has 1 heterocycles. The number of hydrogen-bond acceptors (Lipinski definition) is 3. The molecule has 0 bridgehead atoms. The van der Waals surface area contributed by atoms with Crippen molar-refractivity contribution in [1.82, 2.24) is 10.3 Å². The first-order valence-electron chi connectivity index (χ1n) is 6.48. The van der Waals surface area contributed by atoms with Crippen molar-refractivity contribution < 1.29 is 9.90 Å². The second-order valence-electron chi connectivity index (χ2n) is 4.66. The molecule has 1 aromatic carbocycles. The van der Waals surface area contributed by atoms with Crippen LogP contribution in [0.2, 0.25) is 0 Å². The van der Waals surface area contributed by atoms with Gasteiger partial charge in [0.1, 0.15) is 0 Å². The zero-order valence-electron chi connectivity index (χ0n) is 11.0. The first kappa shape index (κ1) is 13.5. The largest absolute Gasteiger partial charge is 0.393 e. The van der Waals surface area contributed by atoms with E-state index in [1.807, 2.05) is 24.3 Å². The molecule has 1 aromatic heterocycles. The molecule has 2 aromatic rings. The standard InChI is InChI=1S/C15H18N2O2/c1-11(18)4-2-9-17-15(19)13-6-7-14-12(10-13)5-3-8-16-14/h3,5-8,10-11,18H,2,4,9H2,1H3,(H,17,19). The molecule has 1 atom stereocenters. The van der Waals surface area contributed by atoms with Crippen LogP contribution in [0.15, 0.2) is 36.5 Å². The highest BCUT2D eigenvalue weighted by Gasteiger charge is 2.06. The molecular formula is C15H18N2O2. The van der Waals surface area contributed by atoms with Crippen LogP contribution in [0.25, 0.3) is 10.9 Å². The Bertz CT molecular complexity index is 567. The number of nitrogens with one attached hydrogen (secondary N) is 1. The molecule has 0 aliphatic rings. The van der Waals surface area contributed by atoms with Gasteiger partial charge in [0.15, 0.2) is 0 Å². The fourth-order valence-electron chi connectivity index (χ4n) is 1.92. The third kappa shape index (κ3) is 3.76. The van der Waals surface area contributed by atoms with E-state index in [0.29, 0.717) is 18.5 Å². The molecule has 0 saturated heterocycles. The fourth-order valence-corrected chi connectivity index (χ4v) is 1.92. The molecule has 2 N–H and O–H groups in total. The van der Waals surface area contributed by atoms with Crippen LogP contribution < -0.4 is 5.32 Å². The molecule has 4 nitrogen and oxygen atoms in total. The first-order chi connectivity index (χ1) is 9.16. The summed E-state index contributed by atoms with van der Waals surface area (Å²) < 4.78 is 0. The van der Waals surface area contributed by atoms with Gasteiger partial charge in [-0.25, -0.2) is 0 Å². The summed E-state index contributed by atoms with van der Waals surface area (Å²) in [4.78, 5) is 16.2. The number of benzene rings is 1. The van der Waals surface area contributed by atoms with E-state index in [4.69, 9.17) is 5.11 Å². The second kappa shape index (κ2) is 6.29. The van der Waals surface area contributed by atoms with E-state index in [1.54, 1.807) is 19.2 Å². The predicted octanol–water partition coefficient (Wildman–Crippen LogP) is 2.13. The Morgan fingerprint density at radius 2 is 2.26 bits per heavy atom. The maximum absolute atomic E-state index is 11.9. The number of aliphatic hydroxyl groups is 1. The quantitative estimate of drug-likeness (QED) is 0.808. The lowest BCUT2D eigenvalue weighted by atomic mass is 10.1. The number of aliphatic hydroxyl groups excluding tert-OH is 1. The first-order valence-corrected chi connectivity index (χ1v) is 6.48. The van der Waals surface area contributed by atoms with Crippen molar-refractivity contribution in [2.75, 3.05) is 6.54 Å². The van der Waals surface area contributed by atoms with Crippen LogP contribution in [0.1, 0.15) is 30.1 Å². The van der Waals surface area contributed by atoms with Gasteiger partial charge in [-0.1, -0.05) is 6.07 Å². The number of nitrogens with zero attached hydrogens (tertiary/aromatic N) is 1. The Balaban J connectivity index is 1.97. The molecule has 0 fully saturated rings. The molecule has 2 rings (SSSR count). The third-order valence-electron chi connectivity index (χ3n) is 2.95. The van der Waals surface area contributed by atoms with Gasteiger partial charge in [0.2, 0.25) is 0 Å². The Kier molecular flexibility index (Phi) is 4.47. The SMILES string of the molecule is CC(O)CCCNC(=O)c1ccc2ncccc2c1. The fraction of sp³-hybridized carbons (Fsp3) is 0.333. The zero-order valence-corrected chi connectivity index (χ0v) is 11.0. The summed E-state index contributed by atoms with van der Waals surface area (Å²) >= 11 is 0. The molecular weight excluding hydrogens is 240 g/mol. The van der Waals surface area contributed by atoms with E-state index in [-0.39, 0.29) is 12.0 Å². The van der Waals surface area contributed by atoms with Crippen LogP contribution in [0.3, 0.4) is 0 Å². The summed E-state index contributed by atoms with van der Waals surface area (Å²) in [5.41, 5.74) is 1.52. The van der Waals surface area contributed by atoms with Crippen molar-refractivity contribution in [3.8, 4) is 0 Å². The van der Waals surface area contributed by atoms with Crippen molar-refractivity contribution >= 4 is 16.8 Å². The maximum atomic E-state index is 11.9. The summed E-state index contributed by atoms with van der Waals surface area (Å²) in [7, 11) is 0. The van der Waals surface area contributed by atoms with E-state index in [9.17, 15) is 4.79 Å². The molecule has 0 aliphatic carbocycles. The highest BCUT2D eigenvalue weighted by molar-refractivity contribution is 5.97. The van der Waals surface area contributed by atoms with Gasteiger partial charge in [0.25, 0.3) is 5.91 Å². The minimum Gasteiger partial charge on any atom is -0.393 e. The maximum Gasteiger partial charge on any atom is 0.251 e. The second-order valence-corrected chi connectivity index (χ2v) is 4.66. The van der Waals surface area contributed by atoms with Crippen molar-refractivity contribution in [2.24, 2.45) is 0 Å². The molecule has 4 heteroatoms. The highest BCUT2D eigenvalue weighted by Crippen LogP contribution is 2.13. The average molecular weight is 258 g/mol. The number of hydrogen-bond donors (Lipinski definition) is 2. The number of pyridine rings is 1. The van der Waals surface area contributed by atoms with Crippen molar-refractivity contribution in [1.29, 1.82) is 0 Å². The number of amides is 1. The van der Waals surface area contributed by atoms with Crippen molar-refractivity contribution in [3.05, 3.63) is 42.1 Å². The lowest BCUT2D eigenvalue weighted by Crippen LogP contribution is -2.25. The van der Waals surface area contributed by atoms with Crippen LogP contribution in [0.4, 0.5) is 0 Å². The lowest BCUT2D eigenvalue weighted by molar-refractivity contribution is 0.0950. The summed E-state index contributed by atoms with van der Waals surface area (Å²) in [6, 6.07) is 9.25. The number of carbonyl (C=O) groups is 1. The summed E-state index contributed by atoms with van der Waals surface area (Å²) in [5.74, 6) is -0.0867. The molecule has 0 aliphatic heterocycles. The molecule has 0 saturated carbocycles. The van der Waals surface area contributed by atoms with E-state index >= 15 is 0 Å². The molecule has 0 spiro atoms. The lowest BCUT2D eigenvalue weighted by Gasteiger charge is -2.07. The van der Waals surface area contributed by atoms with Gasteiger partial charge in [0, 0.05) is 23.7 Å². The zero-order chi connectivity index (χ0) is 13.7. The summed E-state index contributed by atoms with van der Waals surface area (Å²) in [6.45, 7) is 2.33. The van der Waals surface area contributed by atoms with Crippen molar-refractivity contribution in [3.63, 3.8) is 0 Å². The molecule has 1 unspecified atom stereocenters. The summed E-state index contributed by atoms with van der Waals surface area (Å²) in [6.07, 6.45) is 2.89. The van der Waals surface area contributed by atoms with Crippen LogP contribution in [0.5, 0.6) is 0 Å². The van der Waals surface area contributed by atoms with Crippen LogP contribution in [-0.4, -0.2) is 28.6 Å². The van der Waals surface area contributed by atoms with Gasteiger partial charge in [-0.15, -0.1) is 0 Å². The normalized spacial score (nSPS) is 12.3. The molecule has 100 valence electrons. The Hall–Kier alpha value is -1.94. The van der Waals surface area contributed by atoms with Gasteiger partial charge in [0.05, 0.1) is 11.6 Å². The number of aromatic nitrogens is 1. The van der Waals surface area contributed by atoms with Crippen LogP contribution in [0, 0.1) is 0 Å². The smallest absolute Gasteiger partial charge is 0.251 e. The minimum atomic E-state index is -0.316. The van der Waals surface area contributed by atoms with Crippen molar-refractivity contribution in [2.45, 2.75) is 25.9 Å². The van der Waals surface area contributed by atoms with Gasteiger partial charge in [-0.2, -0.15) is 0 Å². The van der Waals surface area contributed by atoms with Gasteiger partial charge in [-0.3, -0.25) is 9.78 Å². The Morgan fingerprint density at radius 3 is 3.05 bits per heavy atom. The third-order valence-corrected chi connectivity index (χ3v) is 2.95. The van der Waals surface area contributed by atoms with E-state index in [1.165, 1.54) is 0 Å². The van der Waals surface area contributed by atoms with Gasteiger partial charge >= 0.3 is 0 Å². The van der Waals surface area contributed by atoms with Crippen LogP contribution in [-0.2, 0) is 0 Å². The monoisotopic (exact) mass is 258 g/mol. The number of fused-ring (bicyclic) bond motifs is 1. The summed E-state index contributed by atoms with van der Waals surface area (Å²) in [5, 5.41) is 12.9. The van der Waals surface area contributed by atoms with Gasteiger partial charge < -0.3 is 10.4 Å². The molecule has 0 radical (unpaired) electrons. The Morgan fingerprint density at radius 1 is 1.42 bits per heavy atom. The van der Waals surface area contributed by atoms with E-state index in [0.717, 1.165) is 17.3 Å². The van der Waals surface area contributed by atoms with Gasteiger partial charge in [-0.05, 0) is 44.0 Å². The Labute approximate surface area is 112 Å². The number of carbonyl (C=O) groups excluding carboxylic acids is 1. The number of rotatable bonds is 5. The van der Waals surface area contributed by atoms with Crippen LogP contribution >= 0.6 is 0 Å². The topological polar surface area (TPSA) is 62.2 Å². The molecule has 1 amide bonds. The predicted molar refractivity (Wildman–Crippen MR) is 75.0 cm³/mol. The average Bonchev–Trinajstić information content (AvgIpc) is 2.42.